The average Bonchev–Trinajstić information content (AvgIpc) is 3.07. The predicted octanol–water partition coefficient (Wildman–Crippen LogP) is 3.12. The molecule has 2 aromatic heterocycles. The molecule has 0 amide bonds. The third-order valence-electron chi connectivity index (χ3n) is 6.18. The van der Waals surface area contributed by atoms with E-state index in [0.717, 1.165) is 69.4 Å². The Bertz CT molecular complexity index is 794. The summed E-state index contributed by atoms with van der Waals surface area (Å²) >= 11 is 0. The minimum Gasteiger partial charge on any atom is -0.476 e. The first-order chi connectivity index (χ1) is 13.2. The van der Waals surface area contributed by atoms with Crippen LogP contribution in [0, 0.1) is 0 Å². The number of hydrogen-bond acceptors (Lipinski definition) is 4. The summed E-state index contributed by atoms with van der Waals surface area (Å²) in [6.07, 6.45) is 9.91. The summed E-state index contributed by atoms with van der Waals surface area (Å²) in [5.74, 6) is -0.275. The van der Waals surface area contributed by atoms with Crippen LogP contribution in [0.3, 0.4) is 0 Å². The molecule has 2 aliphatic rings. The van der Waals surface area contributed by atoms with E-state index in [1.165, 1.54) is 5.56 Å². The van der Waals surface area contributed by atoms with E-state index in [0.29, 0.717) is 12.0 Å². The summed E-state index contributed by atoms with van der Waals surface area (Å²) in [4.78, 5) is 18.4. The van der Waals surface area contributed by atoms with Gasteiger partial charge in [0.25, 0.3) is 0 Å². The molecule has 144 valence electrons. The number of carboxylic acids is 1. The van der Waals surface area contributed by atoms with Gasteiger partial charge in [-0.2, -0.15) is 5.10 Å². The van der Waals surface area contributed by atoms with Crippen LogP contribution in [0.1, 0.15) is 65.8 Å². The molecule has 0 unspecified atom stereocenters. The van der Waals surface area contributed by atoms with Crippen molar-refractivity contribution >= 4 is 5.97 Å². The van der Waals surface area contributed by atoms with Crippen LogP contribution in [0.5, 0.6) is 0 Å². The first-order valence-electron chi connectivity index (χ1n) is 10.1. The zero-order valence-corrected chi connectivity index (χ0v) is 16.0. The van der Waals surface area contributed by atoms with Gasteiger partial charge in [-0.1, -0.05) is 6.92 Å². The van der Waals surface area contributed by atoms with E-state index >= 15 is 0 Å². The molecule has 1 N–H and O–H groups in total. The highest BCUT2D eigenvalue weighted by Crippen LogP contribution is 2.33. The summed E-state index contributed by atoms with van der Waals surface area (Å²) in [5.41, 5.74) is 3.79. The van der Waals surface area contributed by atoms with E-state index in [2.05, 4.69) is 34.0 Å². The van der Waals surface area contributed by atoms with E-state index in [-0.39, 0.29) is 5.69 Å². The second-order valence-electron chi connectivity index (χ2n) is 7.79. The Morgan fingerprint density at radius 1 is 1.22 bits per heavy atom. The Kier molecular flexibility index (Phi) is 5.25. The molecule has 1 fully saturated rings. The lowest BCUT2D eigenvalue weighted by Gasteiger charge is -2.39. The second-order valence-corrected chi connectivity index (χ2v) is 7.79. The third kappa shape index (κ3) is 3.63. The Balaban J connectivity index is 1.45. The maximum Gasteiger partial charge on any atom is 0.356 e. The standard InChI is InChI=1S/C21H28N4O2/c1-2-11-25-19-4-3-17(14-18(19)20(23-25)21(26)27)24-12-7-16(8-13-24)15-5-9-22-10-6-15/h5-6,9-10,16-17H,2-4,7-8,11-14H2,1H3,(H,26,27)/t17-/m1/s1. The molecule has 6 heteroatoms. The highest BCUT2D eigenvalue weighted by Gasteiger charge is 2.33. The normalized spacial score (nSPS) is 21.1. The summed E-state index contributed by atoms with van der Waals surface area (Å²) in [5, 5.41) is 14.0. The smallest absolute Gasteiger partial charge is 0.356 e. The van der Waals surface area contributed by atoms with Gasteiger partial charge in [-0.15, -0.1) is 0 Å². The van der Waals surface area contributed by atoms with Crippen molar-refractivity contribution in [1.29, 1.82) is 0 Å². The number of carbonyl (C=O) groups is 1. The lowest BCUT2D eigenvalue weighted by atomic mass is 9.86. The van der Waals surface area contributed by atoms with Crippen LogP contribution in [0.4, 0.5) is 0 Å². The minimum absolute atomic E-state index is 0.273. The monoisotopic (exact) mass is 368 g/mol. The van der Waals surface area contributed by atoms with Crippen LogP contribution in [0.15, 0.2) is 24.5 Å². The number of aromatic carboxylic acids is 1. The van der Waals surface area contributed by atoms with Crippen molar-refractivity contribution in [2.45, 2.75) is 64.0 Å². The molecule has 1 aliphatic heterocycles. The third-order valence-corrected chi connectivity index (χ3v) is 6.18. The molecule has 1 saturated heterocycles. The van der Waals surface area contributed by atoms with Crippen LogP contribution < -0.4 is 0 Å². The van der Waals surface area contributed by atoms with Gasteiger partial charge >= 0.3 is 5.97 Å². The molecular formula is C21H28N4O2. The Labute approximate surface area is 160 Å². The average molecular weight is 368 g/mol. The van der Waals surface area contributed by atoms with Crippen molar-refractivity contribution in [3.8, 4) is 0 Å². The number of likely N-dealkylation sites (tertiary alicyclic amines) is 1. The molecule has 2 aromatic rings. The number of nitrogens with zero attached hydrogens (tertiary/aromatic N) is 4. The number of aryl methyl sites for hydroxylation is 1. The van der Waals surface area contributed by atoms with Crippen molar-refractivity contribution in [1.82, 2.24) is 19.7 Å². The molecule has 0 bridgehead atoms. The quantitative estimate of drug-likeness (QED) is 0.878. The van der Waals surface area contributed by atoms with Crippen molar-refractivity contribution in [3.63, 3.8) is 0 Å². The van der Waals surface area contributed by atoms with Crippen LogP contribution in [0.25, 0.3) is 0 Å². The summed E-state index contributed by atoms with van der Waals surface area (Å²) in [6, 6.07) is 4.71. The molecule has 1 aliphatic carbocycles. The molecule has 3 heterocycles. The maximum absolute atomic E-state index is 11.7. The molecule has 1 atom stereocenters. The minimum atomic E-state index is -0.891. The Hall–Kier alpha value is -2.21. The number of pyridine rings is 1. The molecule has 0 radical (unpaired) electrons. The Morgan fingerprint density at radius 2 is 1.96 bits per heavy atom. The number of rotatable bonds is 5. The fraction of sp³-hybridized carbons (Fsp3) is 0.571. The molecule has 6 nitrogen and oxygen atoms in total. The number of fused-ring (bicyclic) bond motifs is 1. The topological polar surface area (TPSA) is 71.2 Å². The molecule has 27 heavy (non-hydrogen) atoms. The van der Waals surface area contributed by atoms with Gasteiger partial charge in [-0.05, 0) is 75.2 Å². The van der Waals surface area contributed by atoms with Gasteiger partial charge in [-0.3, -0.25) is 14.6 Å². The number of carboxylic acid groups (broad SMARTS) is 1. The van der Waals surface area contributed by atoms with Gasteiger partial charge in [-0.25, -0.2) is 4.79 Å². The van der Waals surface area contributed by atoms with E-state index in [4.69, 9.17) is 0 Å². The van der Waals surface area contributed by atoms with E-state index in [9.17, 15) is 9.90 Å². The molecular weight excluding hydrogens is 340 g/mol. The van der Waals surface area contributed by atoms with Crippen LogP contribution in [-0.4, -0.2) is 49.9 Å². The van der Waals surface area contributed by atoms with Gasteiger partial charge < -0.3 is 5.11 Å². The molecule has 0 spiro atoms. The fourth-order valence-corrected chi connectivity index (χ4v) is 4.78. The summed E-state index contributed by atoms with van der Waals surface area (Å²) in [7, 11) is 0. The van der Waals surface area contributed by atoms with Crippen LogP contribution in [-0.2, 0) is 19.4 Å². The predicted molar refractivity (Wildman–Crippen MR) is 103 cm³/mol. The van der Waals surface area contributed by atoms with Gasteiger partial charge in [0.2, 0.25) is 0 Å². The fourth-order valence-electron chi connectivity index (χ4n) is 4.78. The van der Waals surface area contributed by atoms with Gasteiger partial charge in [0.1, 0.15) is 0 Å². The Morgan fingerprint density at radius 3 is 2.63 bits per heavy atom. The van der Waals surface area contributed by atoms with Crippen molar-refractivity contribution in [2.24, 2.45) is 0 Å². The van der Waals surface area contributed by atoms with E-state index in [1.807, 2.05) is 17.1 Å². The lowest BCUT2D eigenvalue weighted by molar-refractivity contribution is 0.0687. The highest BCUT2D eigenvalue weighted by atomic mass is 16.4. The zero-order chi connectivity index (χ0) is 18.8. The zero-order valence-electron chi connectivity index (χ0n) is 16.0. The number of hydrogen-bond donors (Lipinski definition) is 1. The maximum atomic E-state index is 11.7. The van der Waals surface area contributed by atoms with E-state index in [1.54, 1.807) is 0 Å². The lowest BCUT2D eigenvalue weighted by Crippen LogP contribution is -2.44. The molecule has 0 saturated carbocycles. The molecule has 0 aromatic carbocycles. The largest absolute Gasteiger partial charge is 0.476 e. The first-order valence-corrected chi connectivity index (χ1v) is 10.1. The summed E-state index contributed by atoms with van der Waals surface area (Å²) < 4.78 is 1.94. The van der Waals surface area contributed by atoms with Crippen LogP contribution >= 0.6 is 0 Å². The van der Waals surface area contributed by atoms with Crippen molar-refractivity contribution < 1.29 is 9.90 Å². The van der Waals surface area contributed by atoms with E-state index < -0.39 is 5.97 Å². The SMILES string of the molecule is CCCn1nc(C(=O)O)c2c1CC[C@@H](N1CCC(c3ccncc3)CC1)C2. The first kappa shape index (κ1) is 18.2. The highest BCUT2D eigenvalue weighted by molar-refractivity contribution is 5.87. The molecule has 4 rings (SSSR count). The number of piperidine rings is 1. The number of aromatic nitrogens is 3. The van der Waals surface area contributed by atoms with Gasteiger partial charge in [0, 0.05) is 36.2 Å². The van der Waals surface area contributed by atoms with Crippen molar-refractivity contribution in [2.75, 3.05) is 13.1 Å². The van der Waals surface area contributed by atoms with Crippen LogP contribution in [0.2, 0.25) is 0 Å². The second kappa shape index (κ2) is 7.80. The van der Waals surface area contributed by atoms with Gasteiger partial charge in [0.15, 0.2) is 5.69 Å². The van der Waals surface area contributed by atoms with Gasteiger partial charge in [0.05, 0.1) is 0 Å². The van der Waals surface area contributed by atoms with Crippen molar-refractivity contribution in [3.05, 3.63) is 47.0 Å². The summed E-state index contributed by atoms with van der Waals surface area (Å²) in [6.45, 7) is 5.07.